The predicted octanol–water partition coefficient (Wildman–Crippen LogP) is 5.87. The van der Waals surface area contributed by atoms with E-state index in [1.165, 1.54) is 23.5 Å². The Balaban J connectivity index is 1.56. The van der Waals surface area contributed by atoms with E-state index in [4.69, 9.17) is 16.7 Å². The molecule has 3 heterocycles. The van der Waals surface area contributed by atoms with Gasteiger partial charge in [0.25, 0.3) is 0 Å². The quantitative estimate of drug-likeness (QED) is 0.384. The molecule has 1 N–H and O–H groups in total. The molecule has 0 bridgehead atoms. The minimum atomic E-state index is -0.316. The smallest absolute Gasteiger partial charge is 0.234 e. The highest BCUT2D eigenvalue weighted by Gasteiger charge is 2.36. The molecule has 1 fully saturated rings. The number of hydrogen-bond donors (Lipinski definition) is 1. The van der Waals surface area contributed by atoms with Crippen LogP contribution in [-0.2, 0) is 11.3 Å². The van der Waals surface area contributed by atoms with E-state index in [0.29, 0.717) is 16.6 Å². The molecule has 0 saturated carbocycles. The maximum absolute atomic E-state index is 13.4. The van der Waals surface area contributed by atoms with Gasteiger partial charge in [-0.2, -0.15) is 5.10 Å². The Labute approximate surface area is 197 Å². The molecule has 0 aliphatic carbocycles. The molecule has 0 radical (unpaired) electrons. The number of thioether (sulfide) groups is 1. The largest absolute Gasteiger partial charge is 0.508 e. The Bertz CT molecular complexity index is 1270. The lowest BCUT2D eigenvalue weighted by molar-refractivity contribution is -0.128. The molecule has 0 spiro atoms. The second-order valence-corrected chi connectivity index (χ2v) is 10.1. The van der Waals surface area contributed by atoms with Crippen LogP contribution in [0.1, 0.15) is 16.5 Å². The number of rotatable bonds is 5. The van der Waals surface area contributed by atoms with Crippen molar-refractivity contribution < 1.29 is 14.3 Å². The van der Waals surface area contributed by atoms with E-state index in [-0.39, 0.29) is 22.8 Å². The van der Waals surface area contributed by atoms with E-state index in [1.54, 1.807) is 40.7 Å². The summed E-state index contributed by atoms with van der Waals surface area (Å²) in [5.41, 5.74) is 3.29. The van der Waals surface area contributed by atoms with Crippen LogP contribution in [0.15, 0.2) is 66.9 Å². The number of carbonyl (C=O) groups is 1. The lowest BCUT2D eigenvalue weighted by Gasteiger charge is -2.24. The summed E-state index contributed by atoms with van der Waals surface area (Å²) in [6.45, 7) is 0.420. The van der Waals surface area contributed by atoms with Crippen LogP contribution in [0.3, 0.4) is 0 Å². The van der Waals surface area contributed by atoms with Crippen molar-refractivity contribution in [2.45, 2.75) is 11.9 Å². The number of aromatic nitrogens is 2. The van der Waals surface area contributed by atoms with E-state index in [9.17, 15) is 14.3 Å². The lowest BCUT2D eigenvalue weighted by Crippen LogP contribution is -2.27. The van der Waals surface area contributed by atoms with Crippen LogP contribution in [0, 0.1) is 5.82 Å². The first-order valence-electron chi connectivity index (χ1n) is 9.78. The molecule has 1 aliphatic heterocycles. The maximum atomic E-state index is 13.4. The van der Waals surface area contributed by atoms with Crippen molar-refractivity contribution in [2.24, 2.45) is 0 Å². The molecule has 0 unspecified atom stereocenters. The number of nitrogens with zero attached hydrogens (tertiary/aromatic N) is 3. The molecule has 1 atom stereocenters. The molecule has 5 rings (SSSR count). The number of hydrogen-bond acceptors (Lipinski definition) is 5. The van der Waals surface area contributed by atoms with Gasteiger partial charge in [0, 0.05) is 18.3 Å². The van der Waals surface area contributed by atoms with Crippen molar-refractivity contribution in [3.63, 3.8) is 0 Å². The molecular weight excluding hydrogens is 469 g/mol. The first kappa shape index (κ1) is 21.1. The van der Waals surface area contributed by atoms with Crippen molar-refractivity contribution in [1.82, 2.24) is 14.7 Å². The summed E-state index contributed by atoms with van der Waals surface area (Å²) in [4.78, 5) is 15.5. The molecule has 1 amide bonds. The molecule has 2 aromatic heterocycles. The Morgan fingerprint density at radius 3 is 2.53 bits per heavy atom. The fourth-order valence-electron chi connectivity index (χ4n) is 3.61. The number of phenolic OH excluding ortho intramolecular Hbond substituents is 1. The number of phenols is 1. The molecule has 9 heteroatoms. The number of carbonyl (C=O) groups excluding carboxylic acids is 1. The third kappa shape index (κ3) is 4.13. The van der Waals surface area contributed by atoms with E-state index in [2.05, 4.69) is 0 Å². The van der Waals surface area contributed by atoms with Gasteiger partial charge in [0.15, 0.2) is 0 Å². The van der Waals surface area contributed by atoms with Gasteiger partial charge in [-0.05, 0) is 54.1 Å². The summed E-state index contributed by atoms with van der Waals surface area (Å²) < 4.78 is 15.8. The summed E-state index contributed by atoms with van der Waals surface area (Å²) in [6, 6.07) is 16.7. The van der Waals surface area contributed by atoms with Crippen molar-refractivity contribution in [1.29, 1.82) is 0 Å². The Morgan fingerprint density at radius 1 is 1.09 bits per heavy atom. The van der Waals surface area contributed by atoms with Crippen molar-refractivity contribution in [3.05, 3.63) is 88.1 Å². The van der Waals surface area contributed by atoms with Gasteiger partial charge in [0.2, 0.25) is 5.91 Å². The molecule has 1 aliphatic rings. The van der Waals surface area contributed by atoms with Crippen molar-refractivity contribution in [3.8, 4) is 22.0 Å². The number of benzene rings is 2. The van der Waals surface area contributed by atoms with Crippen LogP contribution >= 0.6 is 34.7 Å². The molecule has 162 valence electrons. The molecule has 32 heavy (non-hydrogen) atoms. The normalized spacial score (nSPS) is 16.1. The average molecular weight is 486 g/mol. The number of halogens is 2. The van der Waals surface area contributed by atoms with Gasteiger partial charge < -0.3 is 10.0 Å². The Kier molecular flexibility index (Phi) is 5.67. The van der Waals surface area contributed by atoms with Gasteiger partial charge in [0.1, 0.15) is 22.6 Å². The maximum Gasteiger partial charge on any atom is 0.234 e. The highest BCUT2D eigenvalue weighted by Crippen LogP contribution is 2.45. The second kappa shape index (κ2) is 8.61. The highest BCUT2D eigenvalue weighted by atomic mass is 35.5. The second-order valence-electron chi connectivity index (χ2n) is 7.31. The van der Waals surface area contributed by atoms with Crippen LogP contribution in [0.5, 0.6) is 5.75 Å². The monoisotopic (exact) mass is 485 g/mol. The van der Waals surface area contributed by atoms with Crippen molar-refractivity contribution in [2.75, 3.05) is 5.75 Å². The number of amides is 1. The molecule has 2 aromatic carbocycles. The van der Waals surface area contributed by atoms with Gasteiger partial charge in [-0.15, -0.1) is 23.1 Å². The van der Waals surface area contributed by atoms with Crippen LogP contribution < -0.4 is 0 Å². The fourth-order valence-corrected chi connectivity index (χ4v) is 5.85. The average Bonchev–Trinajstić information content (AvgIpc) is 3.49. The molecule has 1 saturated heterocycles. The third-order valence-corrected chi connectivity index (χ3v) is 7.64. The fraction of sp³-hybridized carbons (Fsp3) is 0.130. The molecule has 4 aromatic rings. The first-order chi connectivity index (χ1) is 15.5. The van der Waals surface area contributed by atoms with Gasteiger partial charge in [-0.1, -0.05) is 23.7 Å². The van der Waals surface area contributed by atoms with E-state index in [0.717, 1.165) is 27.4 Å². The molecular formula is C23H17ClFN3O2S2. The molecule has 5 nitrogen and oxygen atoms in total. The summed E-state index contributed by atoms with van der Waals surface area (Å²) in [7, 11) is 0. The summed E-state index contributed by atoms with van der Waals surface area (Å²) >= 11 is 9.16. The zero-order valence-electron chi connectivity index (χ0n) is 16.6. The van der Waals surface area contributed by atoms with Gasteiger partial charge in [-0.25, -0.2) is 9.07 Å². The highest BCUT2D eigenvalue weighted by molar-refractivity contribution is 8.00. The summed E-state index contributed by atoms with van der Waals surface area (Å²) in [5, 5.41) is 14.1. The summed E-state index contributed by atoms with van der Waals surface area (Å²) in [5.74, 6) is 0.279. The van der Waals surface area contributed by atoms with Crippen LogP contribution in [0.4, 0.5) is 4.39 Å². The minimum Gasteiger partial charge on any atom is -0.508 e. The van der Waals surface area contributed by atoms with Gasteiger partial charge in [0.05, 0.1) is 20.7 Å². The first-order valence-corrected chi connectivity index (χ1v) is 12.0. The Morgan fingerprint density at radius 2 is 1.84 bits per heavy atom. The zero-order valence-corrected chi connectivity index (χ0v) is 19.0. The van der Waals surface area contributed by atoms with E-state index >= 15 is 0 Å². The van der Waals surface area contributed by atoms with Crippen LogP contribution in [0.2, 0.25) is 4.34 Å². The predicted molar refractivity (Wildman–Crippen MR) is 126 cm³/mol. The third-order valence-electron chi connectivity index (χ3n) is 5.16. The number of thiophene rings is 1. The number of aromatic hydroxyl groups is 1. The minimum absolute atomic E-state index is 0.0396. The lowest BCUT2D eigenvalue weighted by atomic mass is 10.1. The SMILES string of the molecule is O=C1CS[C@H](c2cn(-c3ccc(F)cc3)nc2-c2ccc(Cl)s2)N1Cc1ccc(O)cc1. The zero-order chi connectivity index (χ0) is 22.2. The van der Waals surface area contributed by atoms with E-state index in [1.807, 2.05) is 35.4 Å². The van der Waals surface area contributed by atoms with E-state index < -0.39 is 0 Å². The topological polar surface area (TPSA) is 58.4 Å². The van der Waals surface area contributed by atoms with Gasteiger partial charge in [-0.3, -0.25) is 4.79 Å². The van der Waals surface area contributed by atoms with Crippen molar-refractivity contribution >= 4 is 40.6 Å². The standard InChI is InChI=1S/C23H17ClFN3O2S2/c24-20-10-9-19(32-20)22-18(12-28(26-22)16-5-3-15(25)4-6-16)23-27(21(30)13-31-23)11-14-1-7-17(29)8-2-14/h1-10,12,23,29H,11,13H2/t23-/m1/s1. The van der Waals surface area contributed by atoms with Gasteiger partial charge >= 0.3 is 0 Å². The Hall–Kier alpha value is -2.81. The summed E-state index contributed by atoms with van der Waals surface area (Å²) in [6.07, 6.45) is 1.90. The van der Waals surface area contributed by atoms with Crippen LogP contribution in [0.25, 0.3) is 16.3 Å². The van der Waals surface area contributed by atoms with Crippen LogP contribution in [-0.4, -0.2) is 31.4 Å².